The van der Waals surface area contributed by atoms with Crippen molar-refractivity contribution in [3.63, 3.8) is 0 Å². The fourth-order valence-electron chi connectivity index (χ4n) is 6.30. The lowest BCUT2D eigenvalue weighted by molar-refractivity contribution is -0.116. The number of imidazole rings is 1. The number of aromatic nitrogens is 3. The summed E-state index contributed by atoms with van der Waals surface area (Å²) in [7, 11) is 4.79. The molecule has 260 valence electrons. The van der Waals surface area contributed by atoms with Gasteiger partial charge < -0.3 is 29.2 Å². The van der Waals surface area contributed by atoms with Gasteiger partial charge in [0.2, 0.25) is 11.7 Å². The van der Waals surface area contributed by atoms with Crippen LogP contribution in [0.4, 0.5) is 17.2 Å². The highest BCUT2D eigenvalue weighted by Gasteiger charge is 2.27. The maximum atomic E-state index is 13.1. The van der Waals surface area contributed by atoms with Crippen LogP contribution in [0.5, 0.6) is 5.75 Å². The third kappa shape index (κ3) is 7.68. The van der Waals surface area contributed by atoms with Crippen LogP contribution in [-0.2, 0) is 23.6 Å². The molecule has 6 rings (SSSR count). The Morgan fingerprint density at radius 3 is 2.56 bits per heavy atom. The van der Waals surface area contributed by atoms with Gasteiger partial charge in [-0.15, -0.1) is 0 Å². The summed E-state index contributed by atoms with van der Waals surface area (Å²) in [5.74, 6) is -0.0106. The number of rotatable bonds is 10. The Morgan fingerprint density at radius 1 is 0.980 bits per heavy atom. The number of amides is 2. The molecular weight excluding hydrogens is 638 g/mol. The molecule has 2 aromatic carbocycles. The number of ketones is 1. The van der Waals surface area contributed by atoms with Gasteiger partial charge in [-0.3, -0.25) is 24.3 Å². The maximum Gasteiger partial charge on any atom is 0.354 e. The predicted molar refractivity (Wildman–Crippen MR) is 190 cm³/mol. The van der Waals surface area contributed by atoms with Crippen LogP contribution in [-0.4, -0.2) is 81.6 Å². The van der Waals surface area contributed by atoms with Gasteiger partial charge in [0.25, 0.3) is 5.91 Å². The number of ether oxygens (including phenoxy) is 2. The van der Waals surface area contributed by atoms with E-state index in [4.69, 9.17) is 9.47 Å². The number of nitrogens with one attached hydrogen (secondary N) is 2. The van der Waals surface area contributed by atoms with Crippen molar-refractivity contribution in [3.8, 4) is 16.9 Å². The molecule has 0 spiro atoms. The third-order valence-corrected chi connectivity index (χ3v) is 9.02. The number of esters is 1. The Bertz CT molecular complexity index is 1960. The molecule has 2 aliphatic heterocycles. The number of fused-ring (bicyclic) bond motifs is 2. The largest absolute Gasteiger partial charge is 0.493 e. The van der Waals surface area contributed by atoms with Gasteiger partial charge in [-0.1, -0.05) is 18.6 Å². The number of carbonyl (C=O) groups is 4. The van der Waals surface area contributed by atoms with Crippen molar-refractivity contribution in [1.82, 2.24) is 19.0 Å². The van der Waals surface area contributed by atoms with E-state index in [-0.39, 0.29) is 35.8 Å². The molecule has 0 radical (unpaired) electrons. The van der Waals surface area contributed by atoms with E-state index in [0.29, 0.717) is 48.0 Å². The summed E-state index contributed by atoms with van der Waals surface area (Å²) in [4.78, 5) is 61.9. The number of methoxy groups -OCH3 is 1. The van der Waals surface area contributed by atoms with E-state index in [1.165, 1.54) is 7.11 Å². The summed E-state index contributed by atoms with van der Waals surface area (Å²) in [6.45, 7) is 3.51. The van der Waals surface area contributed by atoms with Gasteiger partial charge in [0.15, 0.2) is 11.6 Å². The first-order chi connectivity index (χ1) is 24.1. The van der Waals surface area contributed by atoms with E-state index in [0.717, 1.165) is 42.5 Å². The number of carbonyl (C=O) groups excluding carboxylic acids is 4. The zero-order valence-corrected chi connectivity index (χ0v) is 28.7. The summed E-state index contributed by atoms with van der Waals surface area (Å²) in [5, 5.41) is 5.59. The van der Waals surface area contributed by atoms with Crippen molar-refractivity contribution >= 4 is 47.0 Å². The van der Waals surface area contributed by atoms with Gasteiger partial charge in [-0.25, -0.2) is 9.78 Å². The molecule has 1 fully saturated rings. The van der Waals surface area contributed by atoms with E-state index < -0.39 is 11.9 Å². The van der Waals surface area contributed by atoms with E-state index in [1.54, 1.807) is 47.6 Å². The van der Waals surface area contributed by atoms with Crippen LogP contribution in [0.1, 0.15) is 69.1 Å². The standard InChI is InChI=1S/C37H41N7O6/c1-23-16-28-29(38-19-27-8-5-6-14-44(27)21-31(28)45)18-32(23)50-15-7-9-34(46)40-33-22-43(3)35(41-33)36(47)39-26-12-10-24(11-13-26)25-17-30(37(48)49-4)42(2)20-25/h10-13,16-20,22,27H,5-9,14-15,21H2,1-4H3,(H,39,47)(H,40,46)/t27-/m0/s1. The second-order valence-corrected chi connectivity index (χ2v) is 12.7. The second-order valence-electron chi connectivity index (χ2n) is 12.7. The van der Waals surface area contributed by atoms with Gasteiger partial charge in [0.1, 0.15) is 11.4 Å². The molecule has 13 nitrogen and oxygen atoms in total. The topological polar surface area (TPSA) is 149 Å². The van der Waals surface area contributed by atoms with Crippen molar-refractivity contribution in [2.45, 2.75) is 45.1 Å². The van der Waals surface area contributed by atoms with Crippen LogP contribution in [0.25, 0.3) is 11.1 Å². The molecule has 0 aliphatic carbocycles. The van der Waals surface area contributed by atoms with Crippen LogP contribution < -0.4 is 15.4 Å². The average molecular weight is 680 g/mol. The number of anilines is 2. The van der Waals surface area contributed by atoms with Gasteiger partial charge >= 0.3 is 5.97 Å². The molecule has 2 N–H and O–H groups in total. The molecule has 50 heavy (non-hydrogen) atoms. The van der Waals surface area contributed by atoms with Crippen LogP contribution in [0.15, 0.2) is 59.9 Å². The Hall–Kier alpha value is -5.56. The summed E-state index contributed by atoms with van der Waals surface area (Å²) >= 11 is 0. The summed E-state index contributed by atoms with van der Waals surface area (Å²) in [6, 6.07) is 12.8. The minimum Gasteiger partial charge on any atom is -0.493 e. The predicted octanol–water partition coefficient (Wildman–Crippen LogP) is 5.32. The van der Waals surface area contributed by atoms with Crippen molar-refractivity contribution in [2.24, 2.45) is 19.1 Å². The van der Waals surface area contributed by atoms with Crippen molar-refractivity contribution in [2.75, 3.05) is 37.4 Å². The Balaban J connectivity index is 0.993. The summed E-state index contributed by atoms with van der Waals surface area (Å²) < 4.78 is 14.1. The summed E-state index contributed by atoms with van der Waals surface area (Å²) in [6.07, 6.45) is 9.24. The number of benzene rings is 2. The smallest absolute Gasteiger partial charge is 0.354 e. The first kappa shape index (κ1) is 34.3. The molecule has 4 heterocycles. The molecule has 0 unspecified atom stereocenters. The van der Waals surface area contributed by atoms with Crippen molar-refractivity contribution in [3.05, 3.63) is 77.5 Å². The fraction of sp³-hybridized carbons (Fsp3) is 0.351. The highest BCUT2D eigenvalue weighted by atomic mass is 16.5. The first-order valence-corrected chi connectivity index (χ1v) is 16.7. The number of nitrogens with zero attached hydrogens (tertiary/aromatic N) is 5. The lowest BCUT2D eigenvalue weighted by atomic mass is 9.98. The van der Waals surface area contributed by atoms with Crippen LogP contribution in [0.3, 0.4) is 0 Å². The quantitative estimate of drug-likeness (QED) is 0.169. The number of hydrogen-bond donors (Lipinski definition) is 2. The minimum absolute atomic E-state index is 0.0699. The molecule has 0 bridgehead atoms. The highest BCUT2D eigenvalue weighted by molar-refractivity contribution is 6.04. The summed E-state index contributed by atoms with van der Waals surface area (Å²) in [5.41, 5.74) is 4.76. The first-order valence-electron chi connectivity index (χ1n) is 16.7. The number of Topliss-reactive ketones (excluding diaryl/α,β-unsaturated/α-hetero) is 1. The molecule has 1 saturated heterocycles. The van der Waals surface area contributed by atoms with Crippen LogP contribution in [0.2, 0.25) is 0 Å². The molecule has 2 aromatic heterocycles. The van der Waals surface area contributed by atoms with E-state index in [2.05, 4.69) is 25.5 Å². The lowest BCUT2D eigenvalue weighted by Gasteiger charge is -2.33. The zero-order chi connectivity index (χ0) is 35.4. The van der Waals surface area contributed by atoms with Crippen molar-refractivity contribution < 1.29 is 28.7 Å². The van der Waals surface area contributed by atoms with Gasteiger partial charge in [0, 0.05) is 68.0 Å². The number of piperidine rings is 1. The molecule has 13 heteroatoms. The Kier molecular flexibility index (Phi) is 10.2. The van der Waals surface area contributed by atoms with Crippen molar-refractivity contribution in [1.29, 1.82) is 0 Å². The maximum absolute atomic E-state index is 13.1. The molecule has 2 aliphatic rings. The number of aryl methyl sites for hydroxylation is 3. The average Bonchev–Trinajstić information content (AvgIpc) is 3.67. The number of aliphatic imine (C=N–C) groups is 1. The third-order valence-electron chi connectivity index (χ3n) is 9.02. The fourth-order valence-corrected chi connectivity index (χ4v) is 6.30. The zero-order valence-electron chi connectivity index (χ0n) is 28.7. The van der Waals surface area contributed by atoms with Crippen LogP contribution >= 0.6 is 0 Å². The Morgan fingerprint density at radius 2 is 1.78 bits per heavy atom. The molecule has 1 atom stereocenters. The SMILES string of the molecule is COC(=O)c1cc(-c2ccc(NC(=O)c3nc(NC(=O)CCCOc4cc5c(cc4C)C(=O)CN4CCCC[C@H]4C=N5)cn3C)cc2)cn1C. The normalized spacial score (nSPS) is 15.8. The van der Waals surface area contributed by atoms with Gasteiger partial charge in [-0.2, -0.15) is 0 Å². The monoisotopic (exact) mass is 679 g/mol. The van der Waals surface area contributed by atoms with Crippen LogP contribution in [0, 0.1) is 6.92 Å². The lowest BCUT2D eigenvalue weighted by Crippen LogP contribution is -2.44. The second kappa shape index (κ2) is 14.9. The molecule has 0 saturated carbocycles. The molecule has 2 amide bonds. The number of hydrogen-bond acceptors (Lipinski definition) is 9. The van der Waals surface area contributed by atoms with Gasteiger partial charge in [0.05, 0.1) is 25.9 Å². The highest BCUT2D eigenvalue weighted by Crippen LogP contribution is 2.32. The van der Waals surface area contributed by atoms with E-state index in [1.807, 2.05) is 43.6 Å². The Labute approximate surface area is 290 Å². The van der Waals surface area contributed by atoms with E-state index in [9.17, 15) is 19.2 Å². The molecular formula is C37H41N7O6. The molecule has 4 aromatic rings. The van der Waals surface area contributed by atoms with Gasteiger partial charge in [-0.05, 0) is 68.1 Å². The minimum atomic E-state index is -0.435. The van der Waals surface area contributed by atoms with E-state index >= 15 is 0 Å².